The number of rotatable bonds is 4. The SMILES string of the molecule is CN(CC(C)(C)CN)C(=O)Nc1ccccc1Cl. The number of nitrogens with zero attached hydrogens (tertiary/aromatic N) is 1. The van der Waals surface area contributed by atoms with Gasteiger partial charge in [0.05, 0.1) is 10.7 Å². The van der Waals surface area contributed by atoms with Crippen LogP contribution in [0.1, 0.15) is 13.8 Å². The Balaban J connectivity index is 2.64. The van der Waals surface area contributed by atoms with Gasteiger partial charge in [-0.3, -0.25) is 0 Å². The summed E-state index contributed by atoms with van der Waals surface area (Å²) in [7, 11) is 1.74. The molecule has 0 aliphatic carbocycles. The third-order valence-corrected chi connectivity index (χ3v) is 3.01. The van der Waals surface area contributed by atoms with Crippen molar-refractivity contribution in [1.82, 2.24) is 4.90 Å². The van der Waals surface area contributed by atoms with Crippen molar-refractivity contribution in [2.24, 2.45) is 11.1 Å². The molecule has 1 aromatic rings. The van der Waals surface area contributed by atoms with Crippen LogP contribution in [-0.2, 0) is 0 Å². The second-order valence-corrected chi connectivity index (χ2v) is 5.54. The van der Waals surface area contributed by atoms with Crippen molar-refractivity contribution >= 4 is 23.3 Å². The zero-order valence-electron chi connectivity index (χ0n) is 11.0. The highest BCUT2D eigenvalue weighted by atomic mass is 35.5. The number of amides is 2. The van der Waals surface area contributed by atoms with Gasteiger partial charge in [0.2, 0.25) is 0 Å². The van der Waals surface area contributed by atoms with Crippen LogP contribution in [0.2, 0.25) is 5.02 Å². The number of carbonyl (C=O) groups is 1. The molecule has 2 amide bonds. The Bertz CT molecular complexity index is 420. The van der Waals surface area contributed by atoms with E-state index >= 15 is 0 Å². The van der Waals surface area contributed by atoms with E-state index in [0.29, 0.717) is 23.8 Å². The molecule has 1 rings (SSSR count). The van der Waals surface area contributed by atoms with E-state index in [1.807, 2.05) is 26.0 Å². The highest BCUT2D eigenvalue weighted by Gasteiger charge is 2.21. The molecule has 0 spiro atoms. The van der Waals surface area contributed by atoms with E-state index in [1.54, 1.807) is 24.1 Å². The summed E-state index contributed by atoms with van der Waals surface area (Å²) < 4.78 is 0. The molecule has 0 saturated heterocycles. The van der Waals surface area contributed by atoms with Crippen LogP contribution in [0.3, 0.4) is 0 Å². The summed E-state index contributed by atoms with van der Waals surface area (Å²) in [6.07, 6.45) is 0. The van der Waals surface area contributed by atoms with Crippen molar-refractivity contribution in [2.75, 3.05) is 25.5 Å². The van der Waals surface area contributed by atoms with Gasteiger partial charge in [0, 0.05) is 13.6 Å². The van der Waals surface area contributed by atoms with Crippen LogP contribution in [0.15, 0.2) is 24.3 Å². The minimum Gasteiger partial charge on any atom is -0.330 e. The molecule has 3 N–H and O–H groups in total. The van der Waals surface area contributed by atoms with Gasteiger partial charge in [-0.25, -0.2) is 4.79 Å². The zero-order chi connectivity index (χ0) is 13.8. The van der Waals surface area contributed by atoms with Gasteiger partial charge in [-0.15, -0.1) is 0 Å². The number of carbonyl (C=O) groups excluding carboxylic acids is 1. The second-order valence-electron chi connectivity index (χ2n) is 5.13. The summed E-state index contributed by atoms with van der Waals surface area (Å²) in [5.41, 5.74) is 6.16. The number of halogens is 1. The first-order valence-corrected chi connectivity index (χ1v) is 6.20. The lowest BCUT2D eigenvalue weighted by atomic mass is 9.93. The lowest BCUT2D eigenvalue weighted by Crippen LogP contribution is -2.41. The van der Waals surface area contributed by atoms with E-state index in [9.17, 15) is 4.79 Å². The third-order valence-electron chi connectivity index (χ3n) is 2.68. The number of nitrogens with one attached hydrogen (secondary N) is 1. The van der Waals surface area contributed by atoms with E-state index in [2.05, 4.69) is 5.32 Å². The fourth-order valence-electron chi connectivity index (χ4n) is 1.55. The predicted octanol–water partition coefficient (Wildman–Crippen LogP) is 2.79. The van der Waals surface area contributed by atoms with Gasteiger partial charge in [-0.2, -0.15) is 0 Å². The van der Waals surface area contributed by atoms with Crippen molar-refractivity contribution in [3.8, 4) is 0 Å². The molecule has 0 aliphatic rings. The Hall–Kier alpha value is -1.26. The topological polar surface area (TPSA) is 58.4 Å². The predicted molar refractivity (Wildman–Crippen MR) is 75.9 cm³/mol. The monoisotopic (exact) mass is 269 g/mol. The molecular weight excluding hydrogens is 250 g/mol. The summed E-state index contributed by atoms with van der Waals surface area (Å²) in [5.74, 6) is 0. The standard InChI is InChI=1S/C13H20ClN3O/c1-13(2,8-15)9-17(3)12(18)16-11-7-5-4-6-10(11)14/h4-7H,8-9,15H2,1-3H3,(H,16,18). The lowest BCUT2D eigenvalue weighted by molar-refractivity contribution is 0.197. The van der Waals surface area contributed by atoms with Gasteiger partial charge in [0.1, 0.15) is 0 Å². The molecule has 100 valence electrons. The fourth-order valence-corrected chi connectivity index (χ4v) is 1.73. The fraction of sp³-hybridized carbons (Fsp3) is 0.462. The first-order chi connectivity index (χ1) is 8.35. The molecule has 0 aromatic heterocycles. The van der Waals surface area contributed by atoms with Crippen LogP contribution < -0.4 is 11.1 Å². The molecule has 18 heavy (non-hydrogen) atoms. The molecule has 0 atom stereocenters. The van der Waals surface area contributed by atoms with Crippen molar-refractivity contribution < 1.29 is 4.79 Å². The Morgan fingerprint density at radius 3 is 2.61 bits per heavy atom. The Kier molecular flexibility index (Phi) is 4.99. The number of anilines is 1. The minimum atomic E-state index is -0.190. The molecule has 0 bridgehead atoms. The highest BCUT2D eigenvalue weighted by molar-refractivity contribution is 6.33. The maximum Gasteiger partial charge on any atom is 0.321 e. The Labute approximate surface area is 113 Å². The highest BCUT2D eigenvalue weighted by Crippen LogP contribution is 2.21. The number of urea groups is 1. The lowest BCUT2D eigenvalue weighted by Gasteiger charge is -2.29. The summed E-state index contributed by atoms with van der Waals surface area (Å²) in [6.45, 7) is 5.15. The third kappa shape index (κ3) is 4.20. The number of hydrogen-bond donors (Lipinski definition) is 2. The van der Waals surface area contributed by atoms with Gasteiger partial charge in [-0.05, 0) is 24.1 Å². The van der Waals surface area contributed by atoms with Crippen molar-refractivity contribution in [1.29, 1.82) is 0 Å². The summed E-state index contributed by atoms with van der Waals surface area (Å²) >= 11 is 5.98. The molecule has 0 saturated carbocycles. The number of benzene rings is 1. The van der Waals surface area contributed by atoms with Crippen LogP contribution in [0.5, 0.6) is 0 Å². The van der Waals surface area contributed by atoms with Gasteiger partial charge >= 0.3 is 6.03 Å². The van der Waals surface area contributed by atoms with E-state index in [-0.39, 0.29) is 11.4 Å². The van der Waals surface area contributed by atoms with E-state index < -0.39 is 0 Å². The van der Waals surface area contributed by atoms with Crippen molar-refractivity contribution in [3.05, 3.63) is 29.3 Å². The summed E-state index contributed by atoms with van der Waals surface area (Å²) in [4.78, 5) is 13.6. The van der Waals surface area contributed by atoms with Crippen molar-refractivity contribution in [2.45, 2.75) is 13.8 Å². The van der Waals surface area contributed by atoms with Crippen LogP contribution in [-0.4, -0.2) is 31.1 Å². The summed E-state index contributed by atoms with van der Waals surface area (Å²) in [6, 6.07) is 6.96. The number of para-hydroxylation sites is 1. The smallest absolute Gasteiger partial charge is 0.321 e. The van der Waals surface area contributed by atoms with Crippen LogP contribution in [0, 0.1) is 5.41 Å². The van der Waals surface area contributed by atoms with E-state index in [1.165, 1.54) is 0 Å². The van der Waals surface area contributed by atoms with Crippen LogP contribution in [0.25, 0.3) is 0 Å². The maximum atomic E-state index is 12.0. The second kappa shape index (κ2) is 6.07. The molecule has 0 radical (unpaired) electrons. The number of hydrogen-bond acceptors (Lipinski definition) is 2. The van der Waals surface area contributed by atoms with Gasteiger partial charge in [-0.1, -0.05) is 37.6 Å². The normalized spacial score (nSPS) is 11.2. The molecule has 5 heteroatoms. The molecule has 4 nitrogen and oxygen atoms in total. The largest absolute Gasteiger partial charge is 0.330 e. The van der Waals surface area contributed by atoms with E-state index in [4.69, 9.17) is 17.3 Å². The number of nitrogens with two attached hydrogens (primary N) is 1. The Morgan fingerprint density at radius 2 is 2.06 bits per heavy atom. The minimum absolute atomic E-state index is 0.105. The molecule has 0 fully saturated rings. The zero-order valence-corrected chi connectivity index (χ0v) is 11.8. The van der Waals surface area contributed by atoms with Gasteiger partial charge in [0.25, 0.3) is 0 Å². The van der Waals surface area contributed by atoms with Crippen LogP contribution in [0.4, 0.5) is 10.5 Å². The molecule has 0 unspecified atom stereocenters. The quantitative estimate of drug-likeness (QED) is 0.883. The molecule has 0 aliphatic heterocycles. The first-order valence-electron chi connectivity index (χ1n) is 5.82. The molecular formula is C13H20ClN3O. The van der Waals surface area contributed by atoms with Crippen molar-refractivity contribution in [3.63, 3.8) is 0 Å². The average molecular weight is 270 g/mol. The van der Waals surface area contributed by atoms with Crippen LogP contribution >= 0.6 is 11.6 Å². The molecule has 0 heterocycles. The van der Waals surface area contributed by atoms with Gasteiger partial charge in [0.15, 0.2) is 0 Å². The van der Waals surface area contributed by atoms with E-state index in [0.717, 1.165) is 0 Å². The molecule has 1 aromatic carbocycles. The maximum absolute atomic E-state index is 12.0. The summed E-state index contributed by atoms with van der Waals surface area (Å²) in [5, 5.41) is 3.30. The van der Waals surface area contributed by atoms with Gasteiger partial charge < -0.3 is 16.0 Å². The average Bonchev–Trinajstić information content (AvgIpc) is 2.31. The Morgan fingerprint density at radius 1 is 1.44 bits per heavy atom. The first kappa shape index (κ1) is 14.8.